The third-order valence-electron chi connectivity index (χ3n) is 2.51. The smallest absolute Gasteiger partial charge is 0.491 e. The van der Waals surface area contributed by atoms with Crippen molar-refractivity contribution in [3.05, 3.63) is 15.6 Å². The molecule has 1 aromatic carbocycles. The van der Waals surface area contributed by atoms with Gasteiger partial charge in [0, 0.05) is 12.7 Å². The molecule has 0 bridgehead atoms. The van der Waals surface area contributed by atoms with Crippen molar-refractivity contribution in [1.82, 2.24) is 0 Å². The first kappa shape index (κ1) is 19.9. The fourth-order valence-electron chi connectivity index (χ4n) is 1.54. The fraction of sp³-hybridized carbons (Fsp3) is 0.455. The Morgan fingerprint density at radius 1 is 0.957 bits per heavy atom. The summed E-state index contributed by atoms with van der Waals surface area (Å²) >= 11 is 11.9. The van der Waals surface area contributed by atoms with Gasteiger partial charge in [0.1, 0.15) is 0 Å². The third kappa shape index (κ3) is 3.87. The van der Waals surface area contributed by atoms with Crippen LogP contribution in [0.25, 0.3) is 0 Å². The molecule has 0 saturated heterocycles. The van der Waals surface area contributed by atoms with Crippen LogP contribution in [0.15, 0.2) is 0 Å². The number of alkyl halides is 3. The Morgan fingerprint density at radius 2 is 1.39 bits per heavy atom. The van der Waals surface area contributed by atoms with Crippen molar-refractivity contribution in [3.63, 3.8) is 0 Å². The van der Waals surface area contributed by atoms with E-state index in [0.29, 0.717) is 0 Å². The summed E-state index contributed by atoms with van der Waals surface area (Å²) in [4.78, 5) is 0. The Morgan fingerprint density at radius 3 is 1.70 bits per heavy atom. The molecule has 0 fully saturated rings. The van der Waals surface area contributed by atoms with Crippen molar-refractivity contribution in [2.45, 2.75) is 12.1 Å². The van der Waals surface area contributed by atoms with E-state index in [0.717, 1.165) is 14.2 Å². The maximum Gasteiger partial charge on any atom is 0.534 e. The average Bonchev–Trinajstić information content (AvgIpc) is 2.43. The van der Waals surface area contributed by atoms with Crippen molar-refractivity contribution < 1.29 is 40.0 Å². The van der Waals surface area contributed by atoms with Gasteiger partial charge in [0.15, 0.2) is 11.5 Å². The zero-order chi connectivity index (χ0) is 18.0. The summed E-state index contributed by atoms with van der Waals surface area (Å²) in [5.74, 6) is -1.90. The van der Waals surface area contributed by atoms with Gasteiger partial charge in [-0.25, -0.2) is 0 Å². The van der Waals surface area contributed by atoms with Crippen LogP contribution in [-0.2, 0) is 21.5 Å². The number of hydrogen-bond donors (Lipinski definition) is 0. The quantitative estimate of drug-likeness (QED) is 0.540. The summed E-state index contributed by atoms with van der Waals surface area (Å²) in [5.41, 5.74) is -5.53. The van der Waals surface area contributed by atoms with E-state index in [1.807, 2.05) is 0 Å². The number of ether oxygens (including phenoxy) is 3. The summed E-state index contributed by atoms with van der Waals surface area (Å²) in [6.07, 6.45) is 0. The molecule has 0 aliphatic heterocycles. The standard InChI is InChI=1S/C11H11Cl2F3O6S/c1-19-4-5-6(12)8(20-2)10(9(21-3)7(5)13)22-23(17,18)11(14,15)16/h4H2,1-3H3. The van der Waals surface area contributed by atoms with E-state index >= 15 is 0 Å². The van der Waals surface area contributed by atoms with E-state index in [1.165, 1.54) is 7.11 Å². The Labute approximate surface area is 140 Å². The summed E-state index contributed by atoms with van der Waals surface area (Å²) in [6, 6.07) is 0. The molecule has 12 heteroatoms. The molecule has 0 radical (unpaired) electrons. The van der Waals surface area contributed by atoms with Crippen LogP contribution in [-0.4, -0.2) is 35.3 Å². The monoisotopic (exact) mass is 398 g/mol. The first-order valence-corrected chi connectivity index (χ1v) is 7.79. The highest BCUT2D eigenvalue weighted by Crippen LogP contribution is 2.51. The van der Waals surface area contributed by atoms with E-state index in [-0.39, 0.29) is 22.2 Å². The lowest BCUT2D eigenvalue weighted by molar-refractivity contribution is -0.0501. The van der Waals surface area contributed by atoms with Crippen molar-refractivity contribution in [3.8, 4) is 17.2 Å². The predicted octanol–water partition coefficient (Wildman–Crippen LogP) is 3.39. The van der Waals surface area contributed by atoms with E-state index in [2.05, 4.69) is 4.18 Å². The third-order valence-corrected chi connectivity index (χ3v) is 4.27. The molecule has 0 aromatic heterocycles. The zero-order valence-corrected chi connectivity index (χ0v) is 14.3. The number of hydrogen-bond acceptors (Lipinski definition) is 6. The number of rotatable bonds is 6. The minimum Gasteiger partial charge on any atom is -0.491 e. The lowest BCUT2D eigenvalue weighted by Crippen LogP contribution is -2.28. The van der Waals surface area contributed by atoms with E-state index < -0.39 is 32.9 Å². The molecule has 0 atom stereocenters. The molecular formula is C11H11Cl2F3O6S. The maximum absolute atomic E-state index is 12.5. The Bertz CT molecular complexity index is 659. The predicted molar refractivity (Wildman–Crippen MR) is 75.9 cm³/mol. The molecular weight excluding hydrogens is 388 g/mol. The van der Waals surface area contributed by atoms with Gasteiger partial charge >= 0.3 is 15.6 Å². The van der Waals surface area contributed by atoms with Gasteiger partial charge in [-0.2, -0.15) is 21.6 Å². The molecule has 1 rings (SSSR count). The molecule has 0 aliphatic rings. The van der Waals surface area contributed by atoms with Crippen molar-refractivity contribution in [2.75, 3.05) is 21.3 Å². The second-order valence-corrected chi connectivity index (χ2v) is 6.21. The summed E-state index contributed by atoms with van der Waals surface area (Å²) < 4.78 is 78.6. The van der Waals surface area contributed by atoms with Crippen LogP contribution in [0.4, 0.5) is 13.2 Å². The highest BCUT2D eigenvalue weighted by Gasteiger charge is 2.49. The molecule has 0 unspecified atom stereocenters. The summed E-state index contributed by atoms with van der Waals surface area (Å²) in [7, 11) is -2.55. The zero-order valence-electron chi connectivity index (χ0n) is 12.0. The first-order valence-electron chi connectivity index (χ1n) is 5.63. The highest BCUT2D eigenvalue weighted by atomic mass is 35.5. The minimum atomic E-state index is -5.98. The highest BCUT2D eigenvalue weighted by molar-refractivity contribution is 7.88. The molecule has 0 N–H and O–H groups in total. The lowest BCUT2D eigenvalue weighted by Gasteiger charge is -2.19. The van der Waals surface area contributed by atoms with Crippen LogP contribution in [0.1, 0.15) is 5.56 Å². The van der Waals surface area contributed by atoms with Gasteiger partial charge in [0.2, 0.25) is 5.75 Å². The molecule has 0 saturated carbocycles. The minimum absolute atomic E-state index is 0.126. The molecule has 0 aliphatic carbocycles. The summed E-state index contributed by atoms with van der Waals surface area (Å²) in [6.45, 7) is -0.128. The van der Waals surface area contributed by atoms with Crippen LogP contribution in [0.5, 0.6) is 17.2 Å². The second-order valence-electron chi connectivity index (χ2n) is 3.92. The number of halogens is 5. The van der Waals surface area contributed by atoms with Gasteiger partial charge in [-0.3, -0.25) is 0 Å². The van der Waals surface area contributed by atoms with Gasteiger partial charge < -0.3 is 18.4 Å². The topological polar surface area (TPSA) is 71.1 Å². The van der Waals surface area contributed by atoms with Gasteiger partial charge in [-0.15, -0.1) is 0 Å². The number of benzene rings is 1. The van der Waals surface area contributed by atoms with E-state index in [1.54, 1.807) is 0 Å². The molecule has 132 valence electrons. The lowest BCUT2D eigenvalue weighted by atomic mass is 10.2. The second kappa shape index (κ2) is 7.20. The molecule has 23 heavy (non-hydrogen) atoms. The van der Waals surface area contributed by atoms with E-state index in [9.17, 15) is 21.6 Å². The normalized spacial score (nSPS) is 12.2. The van der Waals surface area contributed by atoms with Crippen molar-refractivity contribution in [2.24, 2.45) is 0 Å². The first-order chi connectivity index (χ1) is 10.5. The van der Waals surface area contributed by atoms with Gasteiger partial charge in [-0.1, -0.05) is 23.2 Å². The van der Waals surface area contributed by atoms with Crippen LogP contribution >= 0.6 is 23.2 Å². The fourth-order valence-corrected chi connectivity index (χ4v) is 2.68. The molecule has 1 aromatic rings. The Hall–Kier alpha value is -1.10. The molecule has 0 spiro atoms. The molecule has 6 nitrogen and oxygen atoms in total. The van der Waals surface area contributed by atoms with Gasteiger partial charge in [0.25, 0.3) is 0 Å². The average molecular weight is 399 g/mol. The van der Waals surface area contributed by atoms with Crippen LogP contribution in [0.2, 0.25) is 10.0 Å². The van der Waals surface area contributed by atoms with Gasteiger partial charge in [-0.05, 0) is 0 Å². The molecule has 0 heterocycles. The SMILES string of the molecule is COCc1c(Cl)c(OC)c(OS(=O)(=O)C(F)(F)F)c(OC)c1Cl. The van der Waals surface area contributed by atoms with Gasteiger partial charge in [0.05, 0.1) is 30.9 Å². The van der Waals surface area contributed by atoms with Crippen LogP contribution in [0.3, 0.4) is 0 Å². The van der Waals surface area contributed by atoms with E-state index in [4.69, 9.17) is 37.4 Å². The van der Waals surface area contributed by atoms with Crippen molar-refractivity contribution in [1.29, 1.82) is 0 Å². The van der Waals surface area contributed by atoms with Crippen LogP contribution < -0.4 is 13.7 Å². The number of methoxy groups -OCH3 is 3. The largest absolute Gasteiger partial charge is 0.534 e. The Balaban J connectivity index is 3.66. The Kier molecular flexibility index (Phi) is 6.25. The van der Waals surface area contributed by atoms with Crippen LogP contribution in [0, 0.1) is 0 Å². The molecule has 0 amide bonds. The summed E-state index contributed by atoms with van der Waals surface area (Å²) in [5, 5.41) is -0.542. The van der Waals surface area contributed by atoms with Crippen molar-refractivity contribution >= 4 is 33.3 Å². The maximum atomic E-state index is 12.5.